The number of nitrogens with zero attached hydrogens (tertiary/aromatic N) is 3. The molecule has 0 fully saturated rings. The molecule has 9 aromatic rings. The molecular weight excluding hydrogens is 590 g/mol. The van der Waals surface area contributed by atoms with E-state index < -0.39 is 48.3 Å². The first-order chi connectivity index (χ1) is 27.5. The van der Waals surface area contributed by atoms with Gasteiger partial charge in [-0.05, 0) is 52.9 Å². The van der Waals surface area contributed by atoms with Crippen molar-refractivity contribution in [1.82, 2.24) is 15.0 Å². The summed E-state index contributed by atoms with van der Waals surface area (Å²) in [6.07, 6.45) is 0. The van der Waals surface area contributed by atoms with Crippen molar-refractivity contribution in [3.63, 3.8) is 0 Å². The Morgan fingerprint density at radius 3 is 1.85 bits per heavy atom. The Hall–Kier alpha value is -6.59. The van der Waals surface area contributed by atoms with Crippen molar-refractivity contribution in [2.45, 2.75) is 0 Å². The maximum absolute atomic E-state index is 9.71. The number of furan rings is 1. The summed E-state index contributed by atoms with van der Waals surface area (Å²) in [7, 11) is 0. The van der Waals surface area contributed by atoms with Gasteiger partial charge >= 0.3 is 0 Å². The summed E-state index contributed by atoms with van der Waals surface area (Å²) in [6, 6.07) is 29.1. The first-order valence-electron chi connectivity index (χ1n) is 19.6. The van der Waals surface area contributed by atoms with E-state index in [1.54, 1.807) is 12.1 Å². The van der Waals surface area contributed by atoms with Crippen LogP contribution in [-0.4, -0.2) is 15.0 Å². The molecule has 0 unspecified atom stereocenters. The summed E-state index contributed by atoms with van der Waals surface area (Å²) in [6.45, 7) is 0. The molecule has 7 aromatic carbocycles. The van der Waals surface area contributed by atoms with Gasteiger partial charge < -0.3 is 9.15 Å². The molecule has 0 aliphatic carbocycles. The average Bonchev–Trinajstić information content (AvgIpc) is 3.65. The van der Waals surface area contributed by atoms with Gasteiger partial charge in [-0.25, -0.2) is 15.0 Å². The Bertz CT molecular complexity index is 3090. The molecule has 0 saturated heterocycles. The van der Waals surface area contributed by atoms with E-state index in [1.165, 1.54) is 0 Å². The minimum Gasteiger partial charge on any atom is -0.457 e. The quantitative estimate of drug-likeness (QED) is 0.184. The monoisotopic (exact) mass is 626 g/mol. The van der Waals surface area contributed by atoms with Crippen LogP contribution in [-0.2, 0) is 0 Å². The first kappa shape index (κ1) is 19.8. The zero-order valence-corrected chi connectivity index (χ0v) is 25.1. The van der Waals surface area contributed by atoms with Gasteiger partial charge in [0.15, 0.2) is 17.5 Å². The molecule has 48 heavy (non-hydrogen) atoms. The van der Waals surface area contributed by atoms with Crippen molar-refractivity contribution in [2.24, 2.45) is 0 Å². The van der Waals surface area contributed by atoms with Crippen LogP contribution in [0.4, 0.5) is 0 Å². The number of para-hydroxylation sites is 2. The molecule has 0 bridgehead atoms. The number of ether oxygens (including phenoxy) is 1. The molecule has 5 heteroatoms. The van der Waals surface area contributed by atoms with E-state index in [0.29, 0.717) is 22.6 Å². The molecule has 0 aliphatic rings. The van der Waals surface area contributed by atoms with Gasteiger partial charge in [-0.2, -0.15) is 0 Å². The standard InChI is InChI=1S/C43H27N3O2/c1-4-14-28(15-5-1)30-24-25-35(39(26-30)47-31-18-8-3-9-19-31)42-44-41(29-16-6-2-7-17-29)45-43(46-42)37-27-36-33-21-12-13-23-38(33)48-40(36)34-22-11-10-20-32(34)37/h1-27H/i10D,11D,12D,13D,20D,21D,22D,23D,27D. The maximum Gasteiger partial charge on any atom is 0.167 e. The lowest BCUT2D eigenvalue weighted by Gasteiger charge is -2.15. The number of hydrogen-bond donors (Lipinski definition) is 0. The lowest BCUT2D eigenvalue weighted by molar-refractivity contribution is 0.484. The smallest absolute Gasteiger partial charge is 0.167 e. The second kappa shape index (κ2) is 11.6. The molecule has 0 amide bonds. The van der Waals surface area contributed by atoms with Gasteiger partial charge in [0.2, 0.25) is 0 Å². The minimum atomic E-state index is -0.569. The third-order valence-electron chi connectivity index (χ3n) is 7.94. The number of hydrogen-bond acceptors (Lipinski definition) is 5. The molecular formula is C43H27N3O2. The molecule has 0 spiro atoms. The second-order valence-corrected chi connectivity index (χ2v) is 10.9. The van der Waals surface area contributed by atoms with E-state index in [9.17, 15) is 1.37 Å². The van der Waals surface area contributed by atoms with Gasteiger partial charge in [0.1, 0.15) is 22.7 Å². The normalized spacial score (nSPS) is 14.0. The van der Waals surface area contributed by atoms with Gasteiger partial charge in [-0.1, -0.05) is 127 Å². The summed E-state index contributed by atoms with van der Waals surface area (Å²) in [5.74, 6) is 1.18. The van der Waals surface area contributed by atoms with E-state index in [2.05, 4.69) is 0 Å². The van der Waals surface area contributed by atoms with Crippen molar-refractivity contribution in [1.29, 1.82) is 0 Å². The molecule has 5 nitrogen and oxygen atoms in total. The first-order valence-corrected chi connectivity index (χ1v) is 15.1. The van der Waals surface area contributed by atoms with Crippen LogP contribution in [0.25, 0.3) is 78.0 Å². The number of fused-ring (bicyclic) bond motifs is 5. The zero-order chi connectivity index (χ0) is 39.7. The van der Waals surface area contributed by atoms with Crippen molar-refractivity contribution < 1.29 is 21.5 Å². The highest BCUT2D eigenvalue weighted by Crippen LogP contribution is 2.41. The van der Waals surface area contributed by atoms with Crippen LogP contribution in [0.5, 0.6) is 11.5 Å². The van der Waals surface area contributed by atoms with Gasteiger partial charge in [0.05, 0.1) is 17.9 Å². The van der Waals surface area contributed by atoms with E-state index >= 15 is 0 Å². The Labute approximate surface area is 289 Å². The minimum absolute atomic E-state index is 0.0759. The third kappa shape index (κ3) is 4.95. The molecule has 0 radical (unpaired) electrons. The highest BCUT2D eigenvalue weighted by Gasteiger charge is 2.20. The van der Waals surface area contributed by atoms with Crippen molar-refractivity contribution in [3.05, 3.63) is 164 Å². The number of rotatable bonds is 6. The summed E-state index contributed by atoms with van der Waals surface area (Å²) in [5.41, 5.74) is 2.32. The summed E-state index contributed by atoms with van der Waals surface area (Å²) in [5, 5.41) is -0.431. The predicted molar refractivity (Wildman–Crippen MR) is 193 cm³/mol. The Morgan fingerprint density at radius 1 is 0.500 bits per heavy atom. The van der Waals surface area contributed by atoms with E-state index in [1.807, 2.05) is 97.1 Å². The molecule has 226 valence electrons. The van der Waals surface area contributed by atoms with Crippen LogP contribution in [0.3, 0.4) is 0 Å². The lowest BCUT2D eigenvalue weighted by atomic mass is 9.99. The van der Waals surface area contributed by atoms with Crippen LogP contribution >= 0.6 is 0 Å². The number of aromatic nitrogens is 3. The van der Waals surface area contributed by atoms with Crippen LogP contribution in [0.15, 0.2) is 168 Å². The Kier molecular flexibility index (Phi) is 4.81. The molecule has 2 aromatic heterocycles. The van der Waals surface area contributed by atoms with Crippen LogP contribution in [0, 0.1) is 0 Å². The van der Waals surface area contributed by atoms with Crippen molar-refractivity contribution in [3.8, 4) is 56.8 Å². The predicted octanol–water partition coefficient (Wildman–Crippen LogP) is 11.4. The Balaban J connectivity index is 1.41. The highest BCUT2D eigenvalue weighted by atomic mass is 16.5. The molecule has 2 heterocycles. The van der Waals surface area contributed by atoms with E-state index in [-0.39, 0.29) is 61.8 Å². The molecule has 0 atom stereocenters. The van der Waals surface area contributed by atoms with Gasteiger partial charge in [0.25, 0.3) is 0 Å². The van der Waals surface area contributed by atoms with Crippen LogP contribution in [0.1, 0.15) is 12.3 Å². The van der Waals surface area contributed by atoms with Crippen molar-refractivity contribution >= 4 is 32.7 Å². The third-order valence-corrected chi connectivity index (χ3v) is 7.94. The average molecular weight is 627 g/mol. The van der Waals surface area contributed by atoms with E-state index in [4.69, 9.17) is 35.1 Å². The topological polar surface area (TPSA) is 61.0 Å². The fraction of sp³-hybridized carbons (Fsp3) is 0. The highest BCUT2D eigenvalue weighted by molar-refractivity contribution is 6.18. The van der Waals surface area contributed by atoms with Crippen LogP contribution < -0.4 is 4.74 Å². The summed E-state index contributed by atoms with van der Waals surface area (Å²) in [4.78, 5) is 14.7. The maximum atomic E-state index is 9.71. The molecule has 0 N–H and O–H groups in total. The second-order valence-electron chi connectivity index (χ2n) is 10.9. The fourth-order valence-corrected chi connectivity index (χ4v) is 5.68. The largest absolute Gasteiger partial charge is 0.457 e. The van der Waals surface area contributed by atoms with Crippen LogP contribution in [0.2, 0.25) is 0 Å². The van der Waals surface area contributed by atoms with Crippen molar-refractivity contribution in [2.75, 3.05) is 0 Å². The van der Waals surface area contributed by atoms with E-state index in [0.717, 1.165) is 11.1 Å². The van der Waals surface area contributed by atoms with Gasteiger partial charge in [-0.3, -0.25) is 0 Å². The molecule has 9 rings (SSSR count). The SMILES string of the molecule is [2H]c1c([2H])c([2H])c2c(oc3c4c([2H])c([2H])c([2H])c([2H])c4c(-c4nc(-c5ccccc5)nc(-c5ccc(-c6ccccc6)cc5Oc5ccccc5)n4)c([2H])c32)c1[2H]. The summed E-state index contributed by atoms with van der Waals surface area (Å²) < 4.78 is 91.8. The Morgan fingerprint density at radius 2 is 1.10 bits per heavy atom. The molecule has 0 saturated carbocycles. The zero-order valence-electron chi connectivity index (χ0n) is 34.1. The number of benzene rings is 7. The summed E-state index contributed by atoms with van der Waals surface area (Å²) >= 11 is 0. The molecule has 0 aliphatic heterocycles. The fourth-order valence-electron chi connectivity index (χ4n) is 5.68. The lowest BCUT2D eigenvalue weighted by Crippen LogP contribution is -2.02. The van der Waals surface area contributed by atoms with Gasteiger partial charge in [0, 0.05) is 27.3 Å². The van der Waals surface area contributed by atoms with Gasteiger partial charge in [-0.15, -0.1) is 0 Å².